The van der Waals surface area contributed by atoms with Crippen LogP contribution in [-0.2, 0) is 0 Å². The third kappa shape index (κ3) is 3.65. The minimum Gasteiger partial charge on any atom is -0.359 e. The maximum absolute atomic E-state index is 5.23. The molecule has 2 N–H and O–H groups in total. The molecule has 0 aliphatic heterocycles. The molecule has 0 bridgehead atoms. The lowest BCUT2D eigenvalue weighted by molar-refractivity contribution is 1.82. The first-order valence-corrected chi connectivity index (χ1v) is 1.95. The van der Waals surface area contributed by atoms with E-state index in [2.05, 4.69) is 11.6 Å². The minimum atomic E-state index is 0.0370. The van der Waals surface area contributed by atoms with Crippen molar-refractivity contribution in [2.45, 2.75) is 6.82 Å². The molecular formula is C3H7B2N. The third-order valence-corrected chi connectivity index (χ3v) is 0.372. The Morgan fingerprint density at radius 2 is 2.33 bits per heavy atom. The van der Waals surface area contributed by atoms with Crippen molar-refractivity contribution in [1.82, 2.24) is 0 Å². The average Bonchev–Trinajstić information content (AvgIpc) is 1.35. The van der Waals surface area contributed by atoms with Gasteiger partial charge in [0.05, 0.1) is 0 Å². The summed E-state index contributed by atoms with van der Waals surface area (Å²) in [4.78, 5) is 0. The Morgan fingerprint density at radius 1 is 1.83 bits per heavy atom. The van der Waals surface area contributed by atoms with Crippen LogP contribution in [0.15, 0.2) is 0 Å². The summed E-state index contributed by atoms with van der Waals surface area (Å²) in [5.41, 5.74) is 5.23. The van der Waals surface area contributed by atoms with Gasteiger partial charge in [-0.25, -0.2) is 0 Å². The van der Waals surface area contributed by atoms with Gasteiger partial charge in [0, 0.05) is 0 Å². The van der Waals surface area contributed by atoms with Gasteiger partial charge >= 0.3 is 6.85 Å². The van der Waals surface area contributed by atoms with Crippen LogP contribution in [0.1, 0.15) is 0 Å². The predicted molar refractivity (Wildman–Crippen MR) is 32.1 cm³/mol. The van der Waals surface area contributed by atoms with Gasteiger partial charge in [-0.1, -0.05) is 6.82 Å². The molecule has 0 aromatic heterocycles. The van der Waals surface area contributed by atoms with E-state index in [4.69, 9.17) is 5.64 Å². The Labute approximate surface area is 39.8 Å². The molecule has 0 radical (unpaired) electrons. The molecule has 30 valence electrons. The highest BCUT2D eigenvalue weighted by Crippen LogP contribution is 1.56. The summed E-state index contributed by atoms with van der Waals surface area (Å²) < 4.78 is 0. The zero-order valence-corrected chi connectivity index (χ0v) is 4.15. The fourth-order valence-electron chi connectivity index (χ4n) is 0.228. The molecule has 0 spiro atoms. The van der Waals surface area contributed by atoms with Crippen LogP contribution in [-0.4, -0.2) is 14.7 Å². The van der Waals surface area contributed by atoms with E-state index in [-0.39, 0.29) is 6.85 Å². The van der Waals surface area contributed by atoms with Crippen molar-refractivity contribution in [2.75, 3.05) is 0 Å². The van der Waals surface area contributed by atoms with Gasteiger partial charge in [-0.2, -0.15) is 5.82 Å². The molecule has 0 heterocycles. The summed E-state index contributed by atoms with van der Waals surface area (Å²) in [6.07, 6.45) is 0. The number of nitrogens with two attached hydrogens (primary N) is 1. The van der Waals surface area contributed by atoms with Crippen LogP contribution in [0.25, 0.3) is 0 Å². The van der Waals surface area contributed by atoms with Gasteiger partial charge in [-0.15, -0.1) is 5.82 Å². The predicted octanol–water partition coefficient (Wildman–Crippen LogP) is -1.30. The summed E-state index contributed by atoms with van der Waals surface area (Å²) in [5.74, 6) is 5.43. The second-order valence-electron chi connectivity index (χ2n) is 1.18. The van der Waals surface area contributed by atoms with E-state index in [1.807, 2.05) is 6.82 Å². The Kier molecular flexibility index (Phi) is 2.70. The first kappa shape index (κ1) is 5.65. The van der Waals surface area contributed by atoms with Crippen LogP contribution in [0, 0.1) is 11.6 Å². The Morgan fingerprint density at radius 3 is 2.33 bits per heavy atom. The number of hydrogen-bond acceptors (Lipinski definition) is 1. The normalized spacial score (nSPS) is 5.67. The van der Waals surface area contributed by atoms with Gasteiger partial charge in [-0.05, 0) is 0 Å². The molecular weight excluding hydrogens is 71.7 g/mol. The van der Waals surface area contributed by atoms with Crippen LogP contribution in [0.5, 0.6) is 0 Å². The topological polar surface area (TPSA) is 26.0 Å². The molecule has 0 unspecified atom stereocenters. The first-order chi connectivity index (χ1) is 2.77. The Balaban J connectivity index is 3.20. The van der Waals surface area contributed by atoms with Gasteiger partial charge in [0.15, 0.2) is 7.85 Å². The van der Waals surface area contributed by atoms with E-state index in [1.54, 1.807) is 7.85 Å². The molecule has 0 saturated carbocycles. The van der Waals surface area contributed by atoms with Crippen LogP contribution < -0.4 is 5.64 Å². The average molecular weight is 78.7 g/mol. The van der Waals surface area contributed by atoms with E-state index in [0.717, 1.165) is 0 Å². The van der Waals surface area contributed by atoms with Crippen molar-refractivity contribution in [1.29, 1.82) is 0 Å². The molecule has 0 fully saturated rings. The summed E-state index contributed by atoms with van der Waals surface area (Å²) in [6.45, 7) is 1.89. The lowest BCUT2D eigenvalue weighted by Crippen LogP contribution is -2.17. The summed E-state index contributed by atoms with van der Waals surface area (Å²) in [7, 11) is 1.78. The van der Waals surface area contributed by atoms with E-state index >= 15 is 0 Å². The van der Waals surface area contributed by atoms with Gasteiger partial charge < -0.3 is 5.64 Å². The standard InChI is InChI=1S/C3H7B2N/c1-5(6)3-2-4/h4,6H2,1H3. The number of rotatable bonds is 0. The van der Waals surface area contributed by atoms with Crippen LogP contribution in [0.3, 0.4) is 0 Å². The molecule has 0 aromatic carbocycles. The van der Waals surface area contributed by atoms with E-state index in [0.29, 0.717) is 0 Å². The van der Waals surface area contributed by atoms with Crippen molar-refractivity contribution in [3.63, 3.8) is 0 Å². The highest BCUT2D eigenvalue weighted by Gasteiger charge is 1.85. The SMILES string of the molecule is BC#CB(C)N. The molecule has 0 amide bonds. The van der Waals surface area contributed by atoms with Crippen molar-refractivity contribution >= 4 is 14.7 Å². The van der Waals surface area contributed by atoms with Crippen molar-refractivity contribution in [3.8, 4) is 11.6 Å². The Bertz CT molecular complexity index is 78.5. The summed E-state index contributed by atoms with van der Waals surface area (Å²) in [5, 5.41) is 0. The maximum Gasteiger partial charge on any atom is 0.301 e. The van der Waals surface area contributed by atoms with Crippen LogP contribution >= 0.6 is 0 Å². The lowest BCUT2D eigenvalue weighted by Gasteiger charge is -1.76. The van der Waals surface area contributed by atoms with Crippen molar-refractivity contribution in [2.24, 2.45) is 5.64 Å². The van der Waals surface area contributed by atoms with E-state index < -0.39 is 0 Å². The fraction of sp³-hybridized carbons (Fsp3) is 0.333. The molecule has 0 aromatic rings. The zero-order valence-electron chi connectivity index (χ0n) is 4.15. The molecule has 0 saturated heterocycles. The maximum atomic E-state index is 5.23. The molecule has 0 atom stereocenters. The Hall–Kier alpha value is -0.350. The molecule has 0 aliphatic carbocycles. The minimum absolute atomic E-state index is 0.0370. The van der Waals surface area contributed by atoms with Crippen molar-refractivity contribution in [3.05, 3.63) is 0 Å². The quantitative estimate of drug-likeness (QED) is 0.283. The largest absolute Gasteiger partial charge is 0.359 e. The molecule has 1 nitrogen and oxygen atoms in total. The smallest absolute Gasteiger partial charge is 0.301 e. The van der Waals surface area contributed by atoms with Gasteiger partial charge in [0.1, 0.15) is 0 Å². The lowest BCUT2D eigenvalue weighted by atomic mass is 9.68. The van der Waals surface area contributed by atoms with Gasteiger partial charge in [0.25, 0.3) is 0 Å². The second kappa shape index (κ2) is 2.86. The third-order valence-electron chi connectivity index (χ3n) is 0.372. The second-order valence-corrected chi connectivity index (χ2v) is 1.18. The highest BCUT2D eigenvalue weighted by molar-refractivity contribution is 6.63. The molecule has 6 heavy (non-hydrogen) atoms. The monoisotopic (exact) mass is 79.1 g/mol. The van der Waals surface area contributed by atoms with E-state index in [1.165, 1.54) is 0 Å². The summed E-state index contributed by atoms with van der Waals surface area (Å²) >= 11 is 0. The van der Waals surface area contributed by atoms with E-state index in [9.17, 15) is 0 Å². The molecule has 0 aliphatic rings. The zero-order chi connectivity index (χ0) is 4.99. The first-order valence-electron chi connectivity index (χ1n) is 1.95. The highest BCUT2D eigenvalue weighted by atomic mass is 14.4. The summed E-state index contributed by atoms with van der Waals surface area (Å²) in [6, 6.07) is 0. The van der Waals surface area contributed by atoms with Crippen LogP contribution in [0.2, 0.25) is 6.82 Å². The number of hydrogen-bond donors (Lipinski definition) is 1. The van der Waals surface area contributed by atoms with Gasteiger partial charge in [-0.3, -0.25) is 0 Å². The molecule has 0 rings (SSSR count). The van der Waals surface area contributed by atoms with Crippen LogP contribution in [0.4, 0.5) is 0 Å². The molecule has 3 heteroatoms. The van der Waals surface area contributed by atoms with Crippen molar-refractivity contribution < 1.29 is 0 Å². The van der Waals surface area contributed by atoms with Gasteiger partial charge in [0.2, 0.25) is 0 Å². The fourth-order valence-corrected chi connectivity index (χ4v) is 0.228.